The summed E-state index contributed by atoms with van der Waals surface area (Å²) in [7, 11) is 3.41. The molecule has 0 saturated heterocycles. The fourth-order valence-corrected chi connectivity index (χ4v) is 6.10. The minimum absolute atomic E-state index is 0. The summed E-state index contributed by atoms with van der Waals surface area (Å²) in [6, 6.07) is 39.9. The topological polar surface area (TPSA) is 58.9 Å². The number of phenols is 2. The molecule has 0 atom stereocenters. The maximum atomic E-state index is 9.77. The lowest BCUT2D eigenvalue weighted by atomic mass is 9.94. The summed E-state index contributed by atoms with van der Waals surface area (Å²) < 4.78 is 10.8. The molecule has 0 aliphatic heterocycles. The Morgan fingerprint density at radius 3 is 0.953 bits per heavy atom. The number of phenolic OH excluding ortho intramolecular Hbond substituents is 2. The van der Waals surface area contributed by atoms with E-state index in [9.17, 15) is 10.2 Å². The fourth-order valence-electron chi connectivity index (χ4n) is 6.10. The van der Waals surface area contributed by atoms with Crippen molar-refractivity contribution in [2.24, 2.45) is 0 Å². The lowest BCUT2D eigenvalue weighted by Gasteiger charge is -2.12. The van der Waals surface area contributed by atoms with E-state index in [1.165, 1.54) is 32.3 Å². The highest BCUT2D eigenvalue weighted by Gasteiger charge is 2.11. The second kappa shape index (κ2) is 11.1. The Morgan fingerprint density at radius 2 is 0.628 bits per heavy atom. The molecular weight excluding hydrogens is 532 g/mol. The van der Waals surface area contributed by atoms with Crippen molar-refractivity contribution in [2.45, 2.75) is 7.43 Å². The third kappa shape index (κ3) is 4.67. The van der Waals surface area contributed by atoms with Crippen LogP contribution in [0.25, 0.3) is 64.6 Å². The van der Waals surface area contributed by atoms with Gasteiger partial charge < -0.3 is 19.7 Å². The molecule has 2 N–H and O–H groups in total. The lowest BCUT2D eigenvalue weighted by molar-refractivity contribution is 0.415. The fraction of sp³-hybridized carbons (Fsp3) is 0.0769. The zero-order chi connectivity index (χ0) is 28.8. The van der Waals surface area contributed by atoms with Crippen molar-refractivity contribution in [2.75, 3.05) is 14.2 Å². The summed E-state index contributed by atoms with van der Waals surface area (Å²) >= 11 is 0. The number of fused-ring (bicyclic) bond motifs is 12. The van der Waals surface area contributed by atoms with Crippen LogP contribution in [0.15, 0.2) is 121 Å². The average Bonchev–Trinajstić information content (AvgIpc) is 3.04. The van der Waals surface area contributed by atoms with Crippen LogP contribution in [0.5, 0.6) is 23.0 Å². The number of hydrogen-bond acceptors (Lipinski definition) is 4. The van der Waals surface area contributed by atoms with Crippen molar-refractivity contribution in [3.63, 3.8) is 0 Å². The first-order valence-corrected chi connectivity index (χ1v) is 13.8. The number of ether oxygens (including phenoxy) is 2. The summed E-state index contributed by atoms with van der Waals surface area (Å²) in [6.45, 7) is 0. The monoisotopic (exact) mass is 564 g/mol. The first-order valence-electron chi connectivity index (χ1n) is 13.8. The molecule has 0 bridgehead atoms. The van der Waals surface area contributed by atoms with Gasteiger partial charge in [-0.15, -0.1) is 0 Å². The molecule has 0 saturated carbocycles. The zero-order valence-corrected chi connectivity index (χ0v) is 23.3. The molecule has 43 heavy (non-hydrogen) atoms. The van der Waals surface area contributed by atoms with E-state index in [1.54, 1.807) is 38.5 Å². The van der Waals surface area contributed by atoms with Crippen molar-refractivity contribution in [3.05, 3.63) is 121 Å². The van der Waals surface area contributed by atoms with Crippen LogP contribution in [0, 0.1) is 0 Å². The van der Waals surface area contributed by atoms with E-state index in [1.807, 2.05) is 48.5 Å². The van der Waals surface area contributed by atoms with E-state index < -0.39 is 0 Å². The van der Waals surface area contributed by atoms with Crippen LogP contribution in [0.2, 0.25) is 0 Å². The molecule has 0 heterocycles. The third-order valence-corrected chi connectivity index (χ3v) is 8.05. The van der Waals surface area contributed by atoms with Gasteiger partial charge in [-0.25, -0.2) is 0 Å². The smallest absolute Gasteiger partial charge is 0.119 e. The van der Waals surface area contributed by atoms with Gasteiger partial charge in [-0.3, -0.25) is 0 Å². The van der Waals surface area contributed by atoms with Gasteiger partial charge in [-0.1, -0.05) is 80.2 Å². The average molecular weight is 565 g/mol. The Kier molecular flexibility index (Phi) is 7.12. The van der Waals surface area contributed by atoms with Crippen LogP contribution in [-0.4, -0.2) is 24.4 Å². The van der Waals surface area contributed by atoms with Gasteiger partial charge in [-0.05, 0) is 113 Å². The molecule has 0 aromatic heterocycles. The van der Waals surface area contributed by atoms with Crippen LogP contribution >= 0.6 is 0 Å². The standard InChI is InChI=1S/C20H16O2.C18H12O2.CH4/c1-21-13-7-9-17-18-10-8-14(22-2)12-20(18)16-6-4-3-5-15(16)19(17)11-13;19-11-5-7-15-16-8-6-12(20)10-18(16)14-4-2-1-3-13(14)17(15)9-11;/h3-12H,1-2H3;1-10,19-20H;1H4. The van der Waals surface area contributed by atoms with Gasteiger partial charge in [0.2, 0.25) is 0 Å². The predicted octanol–water partition coefficient (Wildman–Crippen LogP) is 10.4. The Balaban J connectivity index is 0.000000150. The van der Waals surface area contributed by atoms with Gasteiger partial charge in [0.05, 0.1) is 14.2 Å². The second-order valence-corrected chi connectivity index (χ2v) is 10.4. The lowest BCUT2D eigenvalue weighted by Crippen LogP contribution is -1.87. The van der Waals surface area contributed by atoms with Crippen molar-refractivity contribution in [1.29, 1.82) is 0 Å². The molecular formula is C39H32O4. The number of hydrogen-bond donors (Lipinski definition) is 2. The van der Waals surface area contributed by atoms with Crippen molar-refractivity contribution in [1.82, 2.24) is 0 Å². The van der Waals surface area contributed by atoms with E-state index in [2.05, 4.69) is 48.5 Å². The van der Waals surface area contributed by atoms with Crippen molar-refractivity contribution < 1.29 is 19.7 Å². The van der Waals surface area contributed by atoms with Crippen LogP contribution in [-0.2, 0) is 0 Å². The predicted molar refractivity (Wildman–Crippen MR) is 181 cm³/mol. The van der Waals surface area contributed by atoms with Gasteiger partial charge in [0.25, 0.3) is 0 Å². The van der Waals surface area contributed by atoms with Crippen LogP contribution in [0.3, 0.4) is 0 Å². The minimum Gasteiger partial charge on any atom is -0.508 e. The van der Waals surface area contributed by atoms with Gasteiger partial charge in [0, 0.05) is 0 Å². The molecule has 0 fully saturated rings. The Labute approximate surface area is 250 Å². The van der Waals surface area contributed by atoms with Crippen LogP contribution in [0.4, 0.5) is 0 Å². The van der Waals surface area contributed by atoms with Crippen molar-refractivity contribution >= 4 is 64.6 Å². The van der Waals surface area contributed by atoms with E-state index in [0.29, 0.717) is 0 Å². The molecule has 0 aliphatic carbocycles. The quantitative estimate of drug-likeness (QED) is 0.205. The van der Waals surface area contributed by atoms with E-state index in [4.69, 9.17) is 9.47 Å². The van der Waals surface area contributed by atoms with Gasteiger partial charge >= 0.3 is 0 Å². The number of aromatic hydroxyl groups is 2. The SMILES string of the molecule is C.COc1ccc2c3ccc(OC)cc3c3ccccc3c2c1.Oc1ccc2c3ccc(O)cc3c3ccccc3c2c1. The number of rotatable bonds is 2. The van der Waals surface area contributed by atoms with E-state index >= 15 is 0 Å². The van der Waals surface area contributed by atoms with E-state index in [-0.39, 0.29) is 18.9 Å². The van der Waals surface area contributed by atoms with E-state index in [0.717, 1.165) is 43.8 Å². The Morgan fingerprint density at radius 1 is 0.349 bits per heavy atom. The van der Waals surface area contributed by atoms with Crippen LogP contribution in [0.1, 0.15) is 7.43 Å². The summed E-state index contributed by atoms with van der Waals surface area (Å²) in [6.07, 6.45) is 0. The highest BCUT2D eigenvalue weighted by Crippen LogP contribution is 2.39. The molecule has 0 spiro atoms. The van der Waals surface area contributed by atoms with Gasteiger partial charge in [-0.2, -0.15) is 0 Å². The molecule has 0 amide bonds. The summed E-state index contributed by atoms with van der Waals surface area (Å²) in [5.41, 5.74) is 0. The molecule has 8 aromatic carbocycles. The highest BCUT2D eigenvalue weighted by molar-refractivity contribution is 6.26. The van der Waals surface area contributed by atoms with Gasteiger partial charge in [0.15, 0.2) is 0 Å². The largest absolute Gasteiger partial charge is 0.508 e. The van der Waals surface area contributed by atoms with Crippen LogP contribution < -0.4 is 9.47 Å². The zero-order valence-electron chi connectivity index (χ0n) is 23.3. The molecule has 8 aromatic rings. The third-order valence-electron chi connectivity index (χ3n) is 8.05. The first kappa shape index (κ1) is 27.7. The summed E-state index contributed by atoms with van der Waals surface area (Å²) in [4.78, 5) is 0. The minimum atomic E-state index is 0. The molecule has 0 unspecified atom stereocenters. The molecule has 0 radical (unpaired) electrons. The molecule has 8 rings (SSSR count). The normalized spacial score (nSPS) is 11.0. The maximum Gasteiger partial charge on any atom is 0.119 e. The summed E-state index contributed by atoms with van der Waals surface area (Å²) in [5, 5.41) is 33.3. The maximum absolute atomic E-state index is 9.77. The second-order valence-electron chi connectivity index (χ2n) is 10.4. The number of methoxy groups -OCH3 is 2. The van der Waals surface area contributed by atoms with Gasteiger partial charge in [0.1, 0.15) is 23.0 Å². The molecule has 0 aliphatic rings. The first-order chi connectivity index (χ1) is 20.6. The molecule has 212 valence electrons. The number of benzene rings is 8. The molecule has 4 heteroatoms. The highest BCUT2D eigenvalue weighted by atomic mass is 16.5. The molecule has 4 nitrogen and oxygen atoms in total. The Hall–Kier alpha value is -5.48. The summed E-state index contributed by atoms with van der Waals surface area (Å²) in [5.74, 6) is 2.29. The Bertz CT molecular complexity index is 2100. The van der Waals surface area contributed by atoms with Crippen molar-refractivity contribution in [3.8, 4) is 23.0 Å².